The summed E-state index contributed by atoms with van der Waals surface area (Å²) in [7, 11) is 0. The van der Waals surface area contributed by atoms with E-state index in [4.69, 9.17) is 0 Å². The highest BCUT2D eigenvalue weighted by molar-refractivity contribution is 5.28. The van der Waals surface area contributed by atoms with Crippen molar-refractivity contribution in [2.75, 3.05) is 6.61 Å². The SMILES string of the molecule is C=C[C@@]1(C)CC=C2C(CC[C@@H]3[C@](C)(CO)CCC[C@@]23C)C1. The van der Waals surface area contributed by atoms with Gasteiger partial charge in [0.25, 0.3) is 0 Å². The lowest BCUT2D eigenvalue weighted by atomic mass is 9.46. The molecule has 3 aliphatic carbocycles. The largest absolute Gasteiger partial charge is 0.396 e. The summed E-state index contributed by atoms with van der Waals surface area (Å²) in [6.07, 6.45) is 13.6. The molecule has 3 aliphatic rings. The van der Waals surface area contributed by atoms with Crippen LogP contribution in [0, 0.1) is 28.1 Å². The molecule has 3 rings (SSSR count). The molecular weight excluding hydrogens is 256 g/mol. The van der Waals surface area contributed by atoms with Gasteiger partial charge in [0.2, 0.25) is 0 Å². The van der Waals surface area contributed by atoms with Crippen LogP contribution in [-0.4, -0.2) is 11.7 Å². The van der Waals surface area contributed by atoms with Crippen molar-refractivity contribution >= 4 is 0 Å². The first-order valence-corrected chi connectivity index (χ1v) is 8.82. The van der Waals surface area contributed by atoms with Crippen molar-refractivity contribution in [3.63, 3.8) is 0 Å². The molecule has 1 nitrogen and oxygen atoms in total. The zero-order valence-electron chi connectivity index (χ0n) is 14.1. The number of hydrogen-bond acceptors (Lipinski definition) is 1. The molecule has 0 heterocycles. The van der Waals surface area contributed by atoms with Gasteiger partial charge in [-0.15, -0.1) is 6.58 Å². The molecule has 2 fully saturated rings. The first kappa shape index (κ1) is 15.3. The highest BCUT2D eigenvalue weighted by Crippen LogP contribution is 2.63. The number of fused-ring (bicyclic) bond motifs is 3. The topological polar surface area (TPSA) is 20.2 Å². The van der Waals surface area contributed by atoms with Gasteiger partial charge >= 0.3 is 0 Å². The maximum absolute atomic E-state index is 9.99. The number of rotatable bonds is 2. The van der Waals surface area contributed by atoms with Gasteiger partial charge < -0.3 is 5.11 Å². The Balaban J connectivity index is 1.96. The summed E-state index contributed by atoms with van der Waals surface area (Å²) in [5, 5.41) is 9.99. The normalized spacial score (nSPS) is 49.8. The molecule has 0 radical (unpaired) electrons. The molecule has 2 saturated carbocycles. The molecule has 0 saturated heterocycles. The van der Waals surface area contributed by atoms with E-state index in [-0.39, 0.29) is 5.41 Å². The maximum atomic E-state index is 9.99. The van der Waals surface area contributed by atoms with E-state index in [1.807, 2.05) is 0 Å². The zero-order chi connectivity index (χ0) is 15.3. The Labute approximate surface area is 130 Å². The number of aliphatic hydroxyl groups is 1. The quantitative estimate of drug-likeness (QED) is 0.700. The van der Waals surface area contributed by atoms with Crippen LogP contribution in [0.1, 0.15) is 65.7 Å². The fraction of sp³-hybridized carbons (Fsp3) is 0.800. The highest BCUT2D eigenvalue weighted by Gasteiger charge is 2.54. The average Bonchev–Trinajstić information content (AvgIpc) is 2.46. The first-order chi connectivity index (χ1) is 9.87. The third kappa shape index (κ3) is 2.23. The Morgan fingerprint density at radius 3 is 2.71 bits per heavy atom. The van der Waals surface area contributed by atoms with E-state index in [0.29, 0.717) is 23.4 Å². The average molecular weight is 288 g/mol. The van der Waals surface area contributed by atoms with Gasteiger partial charge in [0.05, 0.1) is 0 Å². The second-order valence-corrected chi connectivity index (χ2v) is 8.84. The standard InChI is InChI=1S/C20H32O/c1-5-18(2)12-9-16-15(13-18)7-8-17-19(3,14-21)10-6-11-20(16,17)4/h5,9,15,17,21H,1,6-8,10-14H2,2-4H3/t15?,17-,18+,19+,20+/m1/s1. The van der Waals surface area contributed by atoms with Crippen molar-refractivity contribution in [3.8, 4) is 0 Å². The Morgan fingerprint density at radius 1 is 1.29 bits per heavy atom. The van der Waals surface area contributed by atoms with E-state index in [0.717, 1.165) is 12.3 Å². The lowest BCUT2D eigenvalue weighted by Gasteiger charge is -2.59. The van der Waals surface area contributed by atoms with Crippen LogP contribution in [0.4, 0.5) is 0 Å². The monoisotopic (exact) mass is 288 g/mol. The molecule has 1 N–H and O–H groups in total. The molecule has 1 heteroatoms. The van der Waals surface area contributed by atoms with E-state index in [1.54, 1.807) is 5.57 Å². The lowest BCUT2D eigenvalue weighted by Crippen LogP contribution is -2.51. The molecule has 0 bridgehead atoms. The Hall–Kier alpha value is -0.560. The van der Waals surface area contributed by atoms with Crippen LogP contribution in [0.5, 0.6) is 0 Å². The fourth-order valence-electron chi connectivity index (χ4n) is 5.94. The molecule has 0 aromatic carbocycles. The second kappa shape index (κ2) is 4.98. The smallest absolute Gasteiger partial charge is 0.0487 e. The summed E-state index contributed by atoms with van der Waals surface area (Å²) in [4.78, 5) is 0. The maximum Gasteiger partial charge on any atom is 0.0487 e. The van der Waals surface area contributed by atoms with E-state index >= 15 is 0 Å². The number of allylic oxidation sites excluding steroid dienone is 3. The van der Waals surface area contributed by atoms with Crippen LogP contribution in [0.3, 0.4) is 0 Å². The summed E-state index contributed by atoms with van der Waals surface area (Å²) in [5.74, 6) is 1.42. The first-order valence-electron chi connectivity index (χ1n) is 8.82. The minimum absolute atomic E-state index is 0.137. The van der Waals surface area contributed by atoms with Gasteiger partial charge in [-0.25, -0.2) is 0 Å². The van der Waals surface area contributed by atoms with Gasteiger partial charge in [0.15, 0.2) is 0 Å². The van der Waals surface area contributed by atoms with Crippen molar-refractivity contribution in [2.45, 2.75) is 65.7 Å². The van der Waals surface area contributed by atoms with Gasteiger partial charge in [0, 0.05) is 6.61 Å². The van der Waals surface area contributed by atoms with Crippen molar-refractivity contribution in [1.82, 2.24) is 0 Å². The van der Waals surface area contributed by atoms with E-state index < -0.39 is 0 Å². The molecule has 0 aliphatic heterocycles. The van der Waals surface area contributed by atoms with Gasteiger partial charge in [0.1, 0.15) is 0 Å². The molecule has 0 spiro atoms. The van der Waals surface area contributed by atoms with Crippen molar-refractivity contribution < 1.29 is 5.11 Å². The fourth-order valence-corrected chi connectivity index (χ4v) is 5.94. The zero-order valence-corrected chi connectivity index (χ0v) is 14.1. The molecule has 0 amide bonds. The van der Waals surface area contributed by atoms with E-state index in [1.165, 1.54) is 38.5 Å². The number of aliphatic hydroxyl groups excluding tert-OH is 1. The van der Waals surface area contributed by atoms with Crippen molar-refractivity contribution in [1.29, 1.82) is 0 Å². The van der Waals surface area contributed by atoms with Gasteiger partial charge in [-0.1, -0.05) is 44.9 Å². The summed E-state index contributed by atoms with van der Waals surface area (Å²) in [6.45, 7) is 11.6. The van der Waals surface area contributed by atoms with Gasteiger partial charge in [-0.2, -0.15) is 0 Å². The van der Waals surface area contributed by atoms with Crippen LogP contribution in [0.2, 0.25) is 0 Å². The third-order valence-corrected chi connectivity index (χ3v) is 7.31. The van der Waals surface area contributed by atoms with E-state index in [9.17, 15) is 5.11 Å². The lowest BCUT2D eigenvalue weighted by molar-refractivity contribution is -0.0558. The minimum Gasteiger partial charge on any atom is -0.396 e. The summed E-state index contributed by atoms with van der Waals surface area (Å²) in [5.41, 5.74) is 2.50. The van der Waals surface area contributed by atoms with Crippen molar-refractivity contribution in [3.05, 3.63) is 24.3 Å². The van der Waals surface area contributed by atoms with Crippen LogP contribution >= 0.6 is 0 Å². The molecule has 5 atom stereocenters. The highest BCUT2D eigenvalue weighted by atomic mass is 16.3. The Morgan fingerprint density at radius 2 is 2.05 bits per heavy atom. The predicted octanol–water partition coefficient (Wildman–Crippen LogP) is 5.11. The molecular formula is C20H32O. The van der Waals surface area contributed by atoms with Crippen LogP contribution in [0.25, 0.3) is 0 Å². The van der Waals surface area contributed by atoms with Crippen molar-refractivity contribution in [2.24, 2.45) is 28.1 Å². The van der Waals surface area contributed by atoms with E-state index in [2.05, 4.69) is 39.5 Å². The Kier molecular flexibility index (Phi) is 3.64. The van der Waals surface area contributed by atoms with Crippen LogP contribution < -0.4 is 0 Å². The minimum atomic E-state index is 0.137. The Bertz CT molecular complexity index is 464. The van der Waals surface area contributed by atoms with Crippen LogP contribution in [-0.2, 0) is 0 Å². The molecule has 118 valence electrons. The molecule has 21 heavy (non-hydrogen) atoms. The second-order valence-electron chi connectivity index (χ2n) is 8.84. The van der Waals surface area contributed by atoms with Crippen LogP contribution in [0.15, 0.2) is 24.3 Å². The molecule has 1 unspecified atom stereocenters. The summed E-state index contributed by atoms with van der Waals surface area (Å²) < 4.78 is 0. The van der Waals surface area contributed by atoms with Gasteiger partial charge in [-0.05, 0) is 66.6 Å². The third-order valence-electron chi connectivity index (χ3n) is 7.31. The molecule has 0 aromatic rings. The summed E-state index contributed by atoms with van der Waals surface area (Å²) in [6, 6.07) is 0. The molecule has 0 aromatic heterocycles. The predicted molar refractivity (Wildman–Crippen MR) is 89.0 cm³/mol. The number of hydrogen-bond donors (Lipinski definition) is 1. The summed E-state index contributed by atoms with van der Waals surface area (Å²) >= 11 is 0. The van der Waals surface area contributed by atoms with Gasteiger partial charge in [-0.3, -0.25) is 0 Å².